The number of hydrogen-bond acceptors (Lipinski definition) is 5. The first-order valence-electron chi connectivity index (χ1n) is 3.98. The summed E-state index contributed by atoms with van der Waals surface area (Å²) in [6, 6.07) is -0.678. The second-order valence-corrected chi connectivity index (χ2v) is 2.53. The van der Waals surface area contributed by atoms with Crippen LogP contribution in [0.2, 0.25) is 0 Å². The molecule has 0 radical (unpaired) electrons. The molecule has 0 spiro atoms. The average Bonchev–Trinajstić information content (AvgIpc) is 2.10. The van der Waals surface area contributed by atoms with Crippen molar-refractivity contribution in [2.24, 2.45) is 5.73 Å². The van der Waals surface area contributed by atoms with Crippen molar-refractivity contribution in [2.75, 3.05) is 6.54 Å². The van der Waals surface area contributed by atoms with Gasteiger partial charge in [-0.2, -0.15) is 5.26 Å². The Morgan fingerprint density at radius 2 is 2.23 bits per heavy atom. The zero-order valence-corrected chi connectivity index (χ0v) is 7.45. The van der Waals surface area contributed by atoms with Crippen molar-refractivity contribution in [3.05, 3.63) is 0 Å². The van der Waals surface area contributed by atoms with E-state index in [1.165, 1.54) is 0 Å². The molecule has 0 unspecified atom stereocenters. The number of likely N-dealkylation sites (N-methyl/N-ethyl adjacent to an activating group) is 1. The molecule has 0 fully saturated rings. The Kier molecular flexibility index (Phi) is 5.82. The summed E-state index contributed by atoms with van der Waals surface area (Å²) in [5.41, 5.74) is 4.90. The first kappa shape index (κ1) is 11.9. The van der Waals surface area contributed by atoms with Crippen molar-refractivity contribution in [3.8, 4) is 0 Å². The van der Waals surface area contributed by atoms with Gasteiger partial charge in [0.25, 0.3) is 0 Å². The van der Waals surface area contributed by atoms with Gasteiger partial charge in [-0.15, -0.1) is 0 Å². The summed E-state index contributed by atoms with van der Waals surface area (Å²) in [4.78, 5) is 24.8. The van der Waals surface area contributed by atoms with Gasteiger partial charge in [-0.1, -0.05) is 6.92 Å². The fourth-order valence-corrected chi connectivity index (χ4v) is 0.900. The molecular weight excluding hydrogens is 176 g/mol. The number of primary amides is 1. The van der Waals surface area contributed by atoms with E-state index >= 15 is 0 Å². The number of amides is 1. The molecule has 6 heteroatoms. The van der Waals surface area contributed by atoms with Gasteiger partial charge in [-0.05, 0) is 13.0 Å². The second kappa shape index (κ2) is 6.38. The molecule has 0 bridgehead atoms. The van der Waals surface area contributed by atoms with E-state index in [0.29, 0.717) is 6.54 Å². The van der Waals surface area contributed by atoms with Crippen LogP contribution in [-0.2, 0) is 14.5 Å². The van der Waals surface area contributed by atoms with Crippen molar-refractivity contribution < 1.29 is 19.7 Å². The van der Waals surface area contributed by atoms with Gasteiger partial charge < -0.3 is 11.1 Å². The highest BCUT2D eigenvalue weighted by Gasteiger charge is 2.19. The molecule has 0 heterocycles. The Balaban J connectivity index is 3.93. The van der Waals surface area contributed by atoms with Gasteiger partial charge in [0.2, 0.25) is 5.91 Å². The van der Waals surface area contributed by atoms with E-state index in [2.05, 4.69) is 10.2 Å². The van der Waals surface area contributed by atoms with E-state index in [0.717, 1.165) is 0 Å². The maximum absolute atomic E-state index is 10.8. The Hall–Kier alpha value is -1.14. The number of carbonyl (C=O) groups excluding carboxylic acids is 2. The lowest BCUT2D eigenvalue weighted by Crippen LogP contribution is -2.38. The van der Waals surface area contributed by atoms with Gasteiger partial charge >= 0.3 is 5.97 Å². The van der Waals surface area contributed by atoms with E-state index in [9.17, 15) is 9.59 Å². The zero-order valence-electron chi connectivity index (χ0n) is 7.45. The predicted octanol–water partition coefficient (Wildman–Crippen LogP) is -0.754. The molecule has 0 rings (SSSR count). The molecule has 1 atom stereocenters. The van der Waals surface area contributed by atoms with E-state index < -0.39 is 17.9 Å². The lowest BCUT2D eigenvalue weighted by atomic mass is 10.1. The van der Waals surface area contributed by atoms with Crippen LogP contribution < -0.4 is 11.1 Å². The Bertz CT molecular complexity index is 183. The van der Waals surface area contributed by atoms with Gasteiger partial charge in [-0.25, -0.2) is 4.79 Å². The van der Waals surface area contributed by atoms with E-state index in [-0.39, 0.29) is 12.8 Å². The maximum Gasteiger partial charge on any atom is 0.358 e. The monoisotopic (exact) mass is 190 g/mol. The lowest BCUT2D eigenvalue weighted by Gasteiger charge is -2.12. The summed E-state index contributed by atoms with van der Waals surface area (Å²) in [5.74, 6) is -1.29. The molecule has 13 heavy (non-hydrogen) atoms. The van der Waals surface area contributed by atoms with Crippen LogP contribution in [0.1, 0.15) is 19.8 Å². The smallest absolute Gasteiger partial charge is 0.358 e. The first-order valence-corrected chi connectivity index (χ1v) is 3.98. The molecule has 0 saturated carbocycles. The third-order valence-corrected chi connectivity index (χ3v) is 1.50. The summed E-state index contributed by atoms with van der Waals surface area (Å²) in [7, 11) is 0. The molecule has 6 nitrogen and oxygen atoms in total. The fourth-order valence-electron chi connectivity index (χ4n) is 0.900. The van der Waals surface area contributed by atoms with E-state index in [1.807, 2.05) is 0 Å². The highest BCUT2D eigenvalue weighted by atomic mass is 17.1. The van der Waals surface area contributed by atoms with Crippen molar-refractivity contribution in [1.29, 1.82) is 0 Å². The van der Waals surface area contributed by atoms with Gasteiger partial charge in [0, 0.05) is 6.42 Å². The zero-order chi connectivity index (χ0) is 10.3. The summed E-state index contributed by atoms with van der Waals surface area (Å²) in [5, 5.41) is 10.8. The van der Waals surface area contributed by atoms with Crippen LogP contribution >= 0.6 is 0 Å². The van der Waals surface area contributed by atoms with Crippen LogP contribution in [0, 0.1) is 0 Å². The SMILES string of the molecule is CCN[C@@H](CCC(N)=O)C(=O)OO. The summed E-state index contributed by atoms with van der Waals surface area (Å²) < 4.78 is 0. The van der Waals surface area contributed by atoms with Crippen molar-refractivity contribution in [2.45, 2.75) is 25.8 Å². The van der Waals surface area contributed by atoms with Crippen LogP contribution in [0.3, 0.4) is 0 Å². The number of carbonyl (C=O) groups is 2. The molecular formula is C7H14N2O4. The fraction of sp³-hybridized carbons (Fsp3) is 0.714. The van der Waals surface area contributed by atoms with Crippen LogP contribution in [0.5, 0.6) is 0 Å². The molecule has 0 aromatic heterocycles. The largest absolute Gasteiger partial charge is 0.370 e. The third kappa shape index (κ3) is 5.15. The Morgan fingerprint density at radius 3 is 2.62 bits per heavy atom. The molecule has 0 aliphatic rings. The van der Waals surface area contributed by atoms with Crippen molar-refractivity contribution >= 4 is 11.9 Å². The average molecular weight is 190 g/mol. The van der Waals surface area contributed by atoms with E-state index in [4.69, 9.17) is 11.0 Å². The minimum atomic E-state index is -0.803. The van der Waals surface area contributed by atoms with Crippen LogP contribution in [0.15, 0.2) is 0 Å². The molecule has 76 valence electrons. The van der Waals surface area contributed by atoms with Crippen LogP contribution in [-0.4, -0.2) is 29.7 Å². The van der Waals surface area contributed by atoms with Crippen molar-refractivity contribution in [3.63, 3.8) is 0 Å². The number of nitrogens with two attached hydrogens (primary N) is 1. The molecule has 4 N–H and O–H groups in total. The van der Waals surface area contributed by atoms with Crippen LogP contribution in [0.4, 0.5) is 0 Å². The minimum Gasteiger partial charge on any atom is -0.370 e. The number of nitrogens with one attached hydrogen (secondary N) is 1. The standard InChI is InChI=1S/C7H14N2O4/c1-2-9-5(7(11)13-12)3-4-6(8)10/h5,9,12H,2-4H2,1H3,(H2,8,10)/t5-/m0/s1. The van der Waals surface area contributed by atoms with Gasteiger partial charge in [0.05, 0.1) is 0 Å². The summed E-state index contributed by atoms with van der Waals surface area (Å²) >= 11 is 0. The predicted molar refractivity (Wildman–Crippen MR) is 44.6 cm³/mol. The van der Waals surface area contributed by atoms with Crippen molar-refractivity contribution in [1.82, 2.24) is 5.32 Å². The highest BCUT2D eigenvalue weighted by Crippen LogP contribution is 1.98. The Morgan fingerprint density at radius 1 is 1.62 bits per heavy atom. The normalized spacial score (nSPS) is 12.2. The maximum atomic E-state index is 10.8. The van der Waals surface area contributed by atoms with Gasteiger partial charge in [-0.3, -0.25) is 9.68 Å². The summed E-state index contributed by atoms with van der Waals surface area (Å²) in [6.07, 6.45) is 0.301. The number of rotatable bonds is 6. The highest BCUT2D eigenvalue weighted by molar-refractivity contribution is 5.78. The minimum absolute atomic E-state index is 0.0762. The van der Waals surface area contributed by atoms with Gasteiger partial charge in [0.1, 0.15) is 6.04 Å². The molecule has 0 aliphatic carbocycles. The number of hydrogen-bond donors (Lipinski definition) is 3. The van der Waals surface area contributed by atoms with Gasteiger partial charge in [0.15, 0.2) is 0 Å². The quantitative estimate of drug-likeness (QED) is 0.377. The molecule has 0 saturated heterocycles. The van der Waals surface area contributed by atoms with Crippen LogP contribution in [0.25, 0.3) is 0 Å². The molecule has 1 amide bonds. The molecule has 0 aromatic carbocycles. The van der Waals surface area contributed by atoms with E-state index in [1.54, 1.807) is 6.92 Å². The third-order valence-electron chi connectivity index (χ3n) is 1.50. The molecule has 0 aliphatic heterocycles. The molecule has 0 aromatic rings. The second-order valence-electron chi connectivity index (χ2n) is 2.53. The Labute approximate surface area is 76.0 Å². The first-order chi connectivity index (χ1) is 6.11. The lowest BCUT2D eigenvalue weighted by molar-refractivity contribution is -0.236. The topological polar surface area (TPSA) is 102 Å². The summed E-state index contributed by atoms with van der Waals surface area (Å²) in [6.45, 7) is 2.33.